The monoisotopic (exact) mass is 194 g/mol. The molecule has 0 amide bonds. The Morgan fingerprint density at radius 2 is 2.14 bits per heavy atom. The summed E-state index contributed by atoms with van der Waals surface area (Å²) >= 11 is 0. The van der Waals surface area contributed by atoms with Crippen LogP contribution in [0.15, 0.2) is 35.5 Å². The molecule has 0 fully saturated rings. The van der Waals surface area contributed by atoms with Crippen LogP contribution in [0, 0.1) is 0 Å². The Hall–Kier alpha value is -1.55. The number of hydrogen-bond donors (Lipinski definition) is 2. The Morgan fingerprint density at radius 3 is 2.64 bits per heavy atom. The number of ether oxygens (including phenoxy) is 1. The van der Waals surface area contributed by atoms with Gasteiger partial charge in [0, 0.05) is 13.5 Å². The first-order chi connectivity index (χ1) is 6.77. The molecule has 76 valence electrons. The van der Waals surface area contributed by atoms with Crippen LogP contribution in [0.1, 0.15) is 18.1 Å². The van der Waals surface area contributed by atoms with Crippen LogP contribution in [-0.2, 0) is 4.74 Å². The molecule has 3 N–H and O–H groups in total. The van der Waals surface area contributed by atoms with E-state index in [1.54, 1.807) is 7.11 Å². The van der Waals surface area contributed by atoms with Gasteiger partial charge in [0.25, 0.3) is 0 Å². The van der Waals surface area contributed by atoms with Crippen LogP contribution in [0.4, 0.5) is 0 Å². The molecule has 1 aromatic carbocycles. The van der Waals surface area contributed by atoms with Gasteiger partial charge in [-0.1, -0.05) is 35.5 Å². The fourth-order valence-corrected chi connectivity index (χ4v) is 1.24. The number of rotatable bonds is 4. The Balaban J connectivity index is 2.73. The first-order valence-corrected chi connectivity index (χ1v) is 4.32. The third kappa shape index (κ3) is 2.74. The zero-order valence-electron chi connectivity index (χ0n) is 8.05. The number of hydrogen-bond acceptors (Lipinski definition) is 3. The van der Waals surface area contributed by atoms with Crippen molar-refractivity contribution in [2.45, 2.75) is 12.5 Å². The molecule has 1 rings (SSSR count). The van der Waals surface area contributed by atoms with Crippen LogP contribution in [0.3, 0.4) is 0 Å². The summed E-state index contributed by atoms with van der Waals surface area (Å²) < 4.78 is 5.24. The van der Waals surface area contributed by atoms with Crippen molar-refractivity contribution in [2.75, 3.05) is 7.11 Å². The van der Waals surface area contributed by atoms with Crippen molar-refractivity contribution in [1.29, 1.82) is 0 Å². The van der Waals surface area contributed by atoms with Gasteiger partial charge in [-0.2, -0.15) is 0 Å². The molecule has 1 atom stereocenters. The summed E-state index contributed by atoms with van der Waals surface area (Å²) in [5.41, 5.74) is 6.42. The third-order valence-electron chi connectivity index (χ3n) is 1.98. The Morgan fingerprint density at radius 1 is 1.50 bits per heavy atom. The van der Waals surface area contributed by atoms with Gasteiger partial charge in [0.15, 0.2) is 0 Å². The molecule has 4 heteroatoms. The summed E-state index contributed by atoms with van der Waals surface area (Å²) in [6.45, 7) is 0. The van der Waals surface area contributed by atoms with Gasteiger partial charge in [-0.3, -0.25) is 0 Å². The van der Waals surface area contributed by atoms with Crippen molar-refractivity contribution in [1.82, 2.24) is 0 Å². The average Bonchev–Trinajstić information content (AvgIpc) is 2.26. The van der Waals surface area contributed by atoms with Crippen molar-refractivity contribution in [3.63, 3.8) is 0 Å². The molecule has 0 aliphatic heterocycles. The number of benzene rings is 1. The SMILES string of the molecule is COC(CC(N)=NO)c1ccccc1. The Kier molecular flexibility index (Phi) is 3.94. The summed E-state index contributed by atoms with van der Waals surface area (Å²) in [4.78, 5) is 0. The number of nitrogens with two attached hydrogens (primary N) is 1. The Bertz CT molecular complexity index is 298. The maximum atomic E-state index is 8.43. The maximum Gasteiger partial charge on any atom is 0.142 e. The second kappa shape index (κ2) is 5.24. The van der Waals surface area contributed by atoms with Crippen molar-refractivity contribution in [2.24, 2.45) is 10.9 Å². The highest BCUT2D eigenvalue weighted by Crippen LogP contribution is 2.19. The average molecular weight is 194 g/mol. The molecule has 1 unspecified atom stereocenters. The largest absolute Gasteiger partial charge is 0.409 e. The molecule has 0 saturated carbocycles. The molecule has 14 heavy (non-hydrogen) atoms. The molecule has 1 aromatic rings. The third-order valence-corrected chi connectivity index (χ3v) is 1.98. The van der Waals surface area contributed by atoms with E-state index in [4.69, 9.17) is 15.7 Å². The number of nitrogens with zero attached hydrogens (tertiary/aromatic N) is 1. The molecule has 0 radical (unpaired) electrons. The quantitative estimate of drug-likeness (QED) is 0.330. The summed E-state index contributed by atoms with van der Waals surface area (Å²) in [6.07, 6.45) is 0.226. The van der Waals surface area contributed by atoms with Crippen molar-refractivity contribution < 1.29 is 9.94 Å². The van der Waals surface area contributed by atoms with Gasteiger partial charge in [-0.25, -0.2) is 0 Å². The van der Waals surface area contributed by atoms with E-state index in [1.165, 1.54) is 0 Å². The van der Waals surface area contributed by atoms with Crippen LogP contribution in [-0.4, -0.2) is 18.2 Å². The minimum Gasteiger partial charge on any atom is -0.409 e. The van der Waals surface area contributed by atoms with E-state index >= 15 is 0 Å². The van der Waals surface area contributed by atoms with Crippen molar-refractivity contribution in [3.8, 4) is 0 Å². The van der Waals surface area contributed by atoms with E-state index in [9.17, 15) is 0 Å². The van der Waals surface area contributed by atoms with E-state index in [2.05, 4.69) is 5.16 Å². The summed E-state index contributed by atoms with van der Waals surface area (Å²) in [7, 11) is 1.60. The molecule has 0 aromatic heterocycles. The first-order valence-electron chi connectivity index (χ1n) is 4.32. The number of amidine groups is 1. The predicted molar refractivity (Wildman–Crippen MR) is 54.2 cm³/mol. The van der Waals surface area contributed by atoms with Crippen molar-refractivity contribution in [3.05, 3.63) is 35.9 Å². The van der Waals surface area contributed by atoms with E-state index in [1.807, 2.05) is 30.3 Å². The highest BCUT2D eigenvalue weighted by atomic mass is 16.5. The van der Waals surface area contributed by atoms with Crippen LogP contribution < -0.4 is 5.73 Å². The van der Waals surface area contributed by atoms with E-state index in [0.717, 1.165) is 5.56 Å². The molecule has 0 aliphatic rings. The Labute approximate surface area is 83.0 Å². The minimum atomic E-state index is -0.160. The maximum absolute atomic E-state index is 8.43. The summed E-state index contributed by atoms with van der Waals surface area (Å²) in [6, 6.07) is 9.67. The lowest BCUT2D eigenvalue weighted by Gasteiger charge is -2.14. The molecule has 0 saturated heterocycles. The molecule has 4 nitrogen and oxygen atoms in total. The van der Waals surface area contributed by atoms with Gasteiger partial charge in [-0.05, 0) is 5.56 Å². The molecule has 0 heterocycles. The molecule has 0 aliphatic carbocycles. The zero-order valence-corrected chi connectivity index (χ0v) is 8.05. The highest BCUT2D eigenvalue weighted by Gasteiger charge is 2.11. The number of methoxy groups -OCH3 is 1. The van der Waals surface area contributed by atoms with E-state index in [-0.39, 0.29) is 11.9 Å². The first kappa shape index (κ1) is 10.5. The van der Waals surface area contributed by atoms with Gasteiger partial charge in [0.1, 0.15) is 5.84 Å². The standard InChI is InChI=1S/C10H14N2O2/c1-14-9(7-10(11)12-13)8-5-3-2-4-6-8/h2-6,9,13H,7H2,1H3,(H2,11,12). The predicted octanol–water partition coefficient (Wildman–Crippen LogP) is 1.51. The van der Waals surface area contributed by atoms with Gasteiger partial charge in [-0.15, -0.1) is 0 Å². The molecule has 0 spiro atoms. The number of oxime groups is 1. The summed E-state index contributed by atoms with van der Waals surface area (Å²) in [5.74, 6) is 0.167. The lowest BCUT2D eigenvalue weighted by atomic mass is 10.1. The molecular formula is C10H14N2O2. The summed E-state index contributed by atoms with van der Waals surface area (Å²) in [5, 5.41) is 11.3. The lowest BCUT2D eigenvalue weighted by Crippen LogP contribution is -2.17. The van der Waals surface area contributed by atoms with Crippen LogP contribution >= 0.6 is 0 Å². The second-order valence-electron chi connectivity index (χ2n) is 2.93. The fourth-order valence-electron chi connectivity index (χ4n) is 1.24. The van der Waals surface area contributed by atoms with E-state index < -0.39 is 0 Å². The molecular weight excluding hydrogens is 180 g/mol. The topological polar surface area (TPSA) is 67.8 Å². The van der Waals surface area contributed by atoms with Crippen LogP contribution in [0.2, 0.25) is 0 Å². The van der Waals surface area contributed by atoms with Crippen molar-refractivity contribution >= 4 is 5.84 Å². The van der Waals surface area contributed by atoms with Gasteiger partial charge in [0.05, 0.1) is 6.10 Å². The van der Waals surface area contributed by atoms with Crippen LogP contribution in [0.25, 0.3) is 0 Å². The van der Waals surface area contributed by atoms with Gasteiger partial charge >= 0.3 is 0 Å². The lowest BCUT2D eigenvalue weighted by molar-refractivity contribution is 0.108. The zero-order chi connectivity index (χ0) is 10.4. The second-order valence-corrected chi connectivity index (χ2v) is 2.93. The minimum absolute atomic E-state index is 0.160. The fraction of sp³-hybridized carbons (Fsp3) is 0.300. The smallest absolute Gasteiger partial charge is 0.142 e. The van der Waals surface area contributed by atoms with E-state index in [0.29, 0.717) is 6.42 Å². The van der Waals surface area contributed by atoms with Crippen LogP contribution in [0.5, 0.6) is 0 Å². The molecule has 0 bridgehead atoms. The normalized spacial score (nSPS) is 13.9. The van der Waals surface area contributed by atoms with Gasteiger partial charge < -0.3 is 15.7 Å². The van der Waals surface area contributed by atoms with Gasteiger partial charge in [0.2, 0.25) is 0 Å². The highest BCUT2D eigenvalue weighted by molar-refractivity contribution is 5.80.